The highest BCUT2D eigenvalue weighted by molar-refractivity contribution is 6.08. The molecule has 0 aliphatic carbocycles. The molecule has 2 heterocycles. The molecule has 1 saturated heterocycles. The highest BCUT2D eigenvalue weighted by Gasteiger charge is 2.30. The average Bonchev–Trinajstić information content (AvgIpc) is 2.85. The minimum absolute atomic E-state index is 0.00380. The van der Waals surface area contributed by atoms with E-state index < -0.39 is 17.3 Å². The summed E-state index contributed by atoms with van der Waals surface area (Å²) in [5.41, 5.74) is 1.65. The molecule has 39 heavy (non-hydrogen) atoms. The number of anilines is 4. The molecule has 1 fully saturated rings. The number of hydrogen-bond donors (Lipinski definition) is 1. The van der Waals surface area contributed by atoms with Crippen LogP contribution in [0.5, 0.6) is 0 Å². The first kappa shape index (κ1) is 27.6. The zero-order chi connectivity index (χ0) is 28.4. The van der Waals surface area contributed by atoms with Crippen LogP contribution in [0.25, 0.3) is 0 Å². The van der Waals surface area contributed by atoms with Gasteiger partial charge in [0.05, 0.1) is 17.8 Å². The van der Waals surface area contributed by atoms with Crippen LogP contribution in [0.15, 0.2) is 47.3 Å². The van der Waals surface area contributed by atoms with Gasteiger partial charge >= 0.3 is 0 Å². The first-order chi connectivity index (χ1) is 18.5. The summed E-state index contributed by atoms with van der Waals surface area (Å²) in [5, 5.41) is 2.92. The molecule has 10 heteroatoms. The maximum absolute atomic E-state index is 14.8. The van der Waals surface area contributed by atoms with Crippen LogP contribution in [0, 0.1) is 19.7 Å². The van der Waals surface area contributed by atoms with Gasteiger partial charge in [-0.3, -0.25) is 28.6 Å². The maximum Gasteiger partial charge on any atom is 0.259 e. The van der Waals surface area contributed by atoms with E-state index in [-0.39, 0.29) is 40.6 Å². The van der Waals surface area contributed by atoms with Gasteiger partial charge < -0.3 is 15.1 Å². The molecule has 0 radical (unpaired) electrons. The van der Waals surface area contributed by atoms with Crippen molar-refractivity contribution in [3.8, 4) is 0 Å². The maximum atomic E-state index is 14.8. The predicted octanol–water partition coefficient (Wildman–Crippen LogP) is 3.66. The van der Waals surface area contributed by atoms with Crippen LogP contribution < -0.4 is 15.8 Å². The number of carbonyl (C=O) groups is 3. The van der Waals surface area contributed by atoms with E-state index in [1.165, 1.54) is 40.5 Å². The number of nitrogens with zero attached hydrogens (tertiary/aromatic N) is 4. The van der Waals surface area contributed by atoms with Crippen LogP contribution in [0.2, 0.25) is 0 Å². The summed E-state index contributed by atoms with van der Waals surface area (Å²) in [6.45, 7) is 4.76. The fourth-order valence-electron chi connectivity index (χ4n) is 4.56. The molecule has 204 valence electrons. The smallest absolute Gasteiger partial charge is 0.259 e. The van der Waals surface area contributed by atoms with Gasteiger partial charge in [0.15, 0.2) is 0 Å². The Morgan fingerprint density at radius 1 is 1.10 bits per heavy atom. The molecule has 0 spiro atoms. The fraction of sp³-hybridized carbons (Fsp3) is 0.310. The fourth-order valence-corrected chi connectivity index (χ4v) is 4.56. The zero-order valence-electron chi connectivity index (χ0n) is 22.7. The van der Waals surface area contributed by atoms with Crippen molar-refractivity contribution in [3.63, 3.8) is 0 Å². The van der Waals surface area contributed by atoms with Crippen LogP contribution in [-0.2, 0) is 23.1 Å². The number of nitrogens with one attached hydrogen (secondary N) is 1. The van der Waals surface area contributed by atoms with Crippen molar-refractivity contribution in [2.24, 2.45) is 7.05 Å². The Balaban J connectivity index is 1.89. The lowest BCUT2D eigenvalue weighted by atomic mass is 10.0. The summed E-state index contributed by atoms with van der Waals surface area (Å²) >= 11 is 0. The number of rotatable bonds is 8. The second-order valence-electron chi connectivity index (χ2n) is 9.93. The van der Waals surface area contributed by atoms with E-state index in [1.54, 1.807) is 56.3 Å². The van der Waals surface area contributed by atoms with E-state index in [0.717, 1.165) is 19.5 Å². The van der Waals surface area contributed by atoms with Crippen molar-refractivity contribution < 1.29 is 18.8 Å². The Morgan fingerprint density at radius 2 is 1.82 bits per heavy atom. The highest BCUT2D eigenvalue weighted by atomic mass is 19.1. The second-order valence-corrected chi connectivity index (χ2v) is 9.93. The summed E-state index contributed by atoms with van der Waals surface area (Å²) in [5.74, 6) is -1.01. The summed E-state index contributed by atoms with van der Waals surface area (Å²) < 4.78 is 16.1. The van der Waals surface area contributed by atoms with Gasteiger partial charge in [-0.25, -0.2) is 4.39 Å². The van der Waals surface area contributed by atoms with Crippen LogP contribution in [0.3, 0.4) is 0 Å². The van der Waals surface area contributed by atoms with Gasteiger partial charge in [-0.2, -0.15) is 0 Å². The van der Waals surface area contributed by atoms with Gasteiger partial charge in [0.25, 0.3) is 11.5 Å². The topological polar surface area (TPSA) is 95.0 Å². The molecule has 0 saturated carbocycles. The quantitative estimate of drug-likeness (QED) is 0.446. The monoisotopic (exact) mass is 533 g/mol. The lowest BCUT2D eigenvalue weighted by Crippen LogP contribution is -2.42. The first-order valence-electron chi connectivity index (χ1n) is 12.6. The number of likely N-dealkylation sites (tertiary alicyclic amines) is 1. The van der Waals surface area contributed by atoms with E-state index in [1.807, 2.05) is 0 Å². The minimum Gasteiger partial charge on any atom is -0.345 e. The van der Waals surface area contributed by atoms with Gasteiger partial charge in [0.1, 0.15) is 17.2 Å². The molecule has 4 rings (SSSR count). The Bertz CT molecular complexity index is 1510. The molecule has 1 aliphatic rings. The van der Waals surface area contributed by atoms with Gasteiger partial charge in [0, 0.05) is 45.5 Å². The van der Waals surface area contributed by atoms with Crippen molar-refractivity contribution in [2.45, 2.75) is 26.7 Å². The number of benzene rings is 2. The number of halogens is 1. The molecule has 0 atom stereocenters. The Hall–Kier alpha value is -4.47. The molecule has 0 unspecified atom stereocenters. The molecule has 3 aromatic rings. The third kappa shape index (κ3) is 5.41. The van der Waals surface area contributed by atoms with Crippen molar-refractivity contribution in [1.29, 1.82) is 0 Å². The summed E-state index contributed by atoms with van der Waals surface area (Å²) in [6.07, 6.45) is 1.68. The van der Waals surface area contributed by atoms with Crippen molar-refractivity contribution >= 4 is 41.1 Å². The van der Waals surface area contributed by atoms with Gasteiger partial charge in [0.2, 0.25) is 12.3 Å². The molecule has 0 bridgehead atoms. The van der Waals surface area contributed by atoms with E-state index >= 15 is 0 Å². The van der Waals surface area contributed by atoms with Crippen LogP contribution in [0.4, 0.5) is 27.3 Å². The Labute approximate surface area is 226 Å². The summed E-state index contributed by atoms with van der Waals surface area (Å²) in [4.78, 5) is 56.4. The molecule has 1 aromatic heterocycles. The van der Waals surface area contributed by atoms with Gasteiger partial charge in [-0.1, -0.05) is 18.2 Å². The predicted molar refractivity (Wildman–Crippen MR) is 148 cm³/mol. The summed E-state index contributed by atoms with van der Waals surface area (Å²) in [7, 11) is 4.58. The molecule has 9 nitrogen and oxygen atoms in total. The summed E-state index contributed by atoms with van der Waals surface area (Å²) in [6, 6.07) is 11.4. The molecule has 1 aliphatic heterocycles. The third-order valence-electron chi connectivity index (χ3n) is 6.89. The van der Waals surface area contributed by atoms with Crippen molar-refractivity contribution in [2.75, 3.05) is 37.4 Å². The Kier molecular flexibility index (Phi) is 7.85. The molecule has 2 aromatic carbocycles. The van der Waals surface area contributed by atoms with Crippen molar-refractivity contribution in [1.82, 2.24) is 14.4 Å². The largest absolute Gasteiger partial charge is 0.345 e. The molecule has 1 N–H and O–H groups in total. The molecular formula is C29H32FN5O4. The van der Waals surface area contributed by atoms with Gasteiger partial charge in [-0.15, -0.1) is 0 Å². The number of aromatic nitrogens is 1. The SMILES string of the molecule is Cc1ccc(Nc2c(C(=O)N(C)C)c(N(C=O)c3cccc(CC(=O)N4CCC4)c3)c(C)c(=O)n2C)c(F)c1. The first-order valence-corrected chi connectivity index (χ1v) is 12.6. The number of carbonyl (C=O) groups excluding carboxylic acids is 3. The highest BCUT2D eigenvalue weighted by Crippen LogP contribution is 2.36. The number of amides is 3. The third-order valence-corrected chi connectivity index (χ3v) is 6.89. The van der Waals surface area contributed by atoms with Crippen LogP contribution in [-0.4, -0.2) is 59.8 Å². The average molecular weight is 534 g/mol. The van der Waals surface area contributed by atoms with E-state index in [4.69, 9.17) is 0 Å². The van der Waals surface area contributed by atoms with Crippen molar-refractivity contribution in [3.05, 3.63) is 80.9 Å². The van der Waals surface area contributed by atoms with Crippen LogP contribution in [0.1, 0.15) is 33.5 Å². The van der Waals surface area contributed by atoms with E-state index in [0.29, 0.717) is 23.2 Å². The molecular weight excluding hydrogens is 501 g/mol. The normalized spacial score (nSPS) is 12.5. The molecule has 3 amide bonds. The second kappa shape index (κ2) is 11.1. The van der Waals surface area contributed by atoms with Gasteiger partial charge in [-0.05, 0) is 55.7 Å². The van der Waals surface area contributed by atoms with E-state index in [2.05, 4.69) is 5.32 Å². The standard InChI is InChI=1S/C29H32FN5O4/c1-18-10-11-23(22(30)14-18)31-27-25(29(39)32(3)4)26(19(2)28(38)33(27)5)35(17-36)21-9-6-8-20(15-21)16-24(37)34-12-7-13-34/h6,8-11,14-15,17,31H,7,12-13,16H2,1-5H3. The lowest BCUT2D eigenvalue weighted by molar-refractivity contribution is -0.133. The number of pyridine rings is 1. The van der Waals surface area contributed by atoms with Crippen LogP contribution >= 0.6 is 0 Å². The minimum atomic E-state index is -0.556. The Morgan fingerprint density at radius 3 is 2.41 bits per heavy atom. The zero-order valence-corrected chi connectivity index (χ0v) is 22.7. The number of hydrogen-bond acceptors (Lipinski definition) is 5. The number of aryl methyl sites for hydroxylation is 1. The van der Waals surface area contributed by atoms with E-state index in [9.17, 15) is 23.6 Å². The lowest BCUT2D eigenvalue weighted by Gasteiger charge is -2.31.